The average molecular weight is 681 g/mol. The van der Waals surface area contributed by atoms with Gasteiger partial charge in [-0.25, -0.2) is 9.97 Å². The normalized spacial score (nSPS) is 11.0. The molecular formula is C35H49LiN6O4Si2. The number of imidazole rings is 2. The van der Waals surface area contributed by atoms with Crippen LogP contribution in [0.4, 0.5) is 0 Å². The summed E-state index contributed by atoms with van der Waals surface area (Å²) in [6.07, 6.45) is 4.49. The van der Waals surface area contributed by atoms with Gasteiger partial charge in [0.15, 0.2) is 11.4 Å². The fraction of sp³-hybridized carbons (Fsp3) is 0.429. The molecule has 4 rings (SSSR count). The first-order valence-electron chi connectivity index (χ1n) is 15.8. The van der Waals surface area contributed by atoms with Crippen LogP contribution >= 0.6 is 0 Å². The Labute approximate surface area is 299 Å². The van der Waals surface area contributed by atoms with Crippen molar-refractivity contribution < 1.29 is 38.9 Å². The Hall–Kier alpha value is -3.29. The van der Waals surface area contributed by atoms with Gasteiger partial charge in [-0.15, -0.1) is 0 Å². The van der Waals surface area contributed by atoms with Crippen LogP contribution in [-0.4, -0.2) is 59.0 Å². The van der Waals surface area contributed by atoms with Crippen LogP contribution in [0.1, 0.15) is 29.4 Å². The van der Waals surface area contributed by atoms with Crippen LogP contribution in [-0.2, 0) is 36.0 Å². The van der Waals surface area contributed by atoms with Crippen molar-refractivity contribution >= 4 is 16.1 Å². The fourth-order valence-corrected chi connectivity index (χ4v) is 5.84. The van der Waals surface area contributed by atoms with E-state index in [2.05, 4.69) is 92.6 Å². The van der Waals surface area contributed by atoms with Crippen LogP contribution in [0.5, 0.6) is 0 Å². The standard InChI is InChI=1S/C18H25N3OSi.C17H23N3O2Si.Li.H2O/c1-5-15-6-8-16(9-7-15)18-20-17(12-19)13-21(18)14-22-10-11-23(2,3)4;1-23(2,3)9-8-22-13-20-11-16(10-18)19-17(20)15-6-4-14(12-21)5-7-15;;/h6-9,13H,5,10-11,14H2,1-4H3;4-7,11,21H,8-9,12-13H2,1-3H3;;1H2/q;;+1;/p-1. The number of hydrogen-bond acceptors (Lipinski definition) is 8. The second-order valence-corrected chi connectivity index (χ2v) is 24.9. The van der Waals surface area contributed by atoms with Crippen molar-refractivity contribution in [2.75, 3.05) is 13.2 Å². The van der Waals surface area contributed by atoms with E-state index in [4.69, 9.17) is 25.1 Å². The summed E-state index contributed by atoms with van der Waals surface area (Å²) in [5.74, 6) is 1.50. The summed E-state index contributed by atoms with van der Waals surface area (Å²) in [5.41, 5.74) is 4.85. The molecule has 2 aromatic carbocycles. The molecule has 0 radical (unpaired) electrons. The van der Waals surface area contributed by atoms with E-state index in [1.807, 2.05) is 33.4 Å². The van der Waals surface area contributed by atoms with Crippen LogP contribution in [0.15, 0.2) is 60.9 Å². The van der Waals surface area contributed by atoms with E-state index in [1.54, 1.807) is 12.4 Å². The van der Waals surface area contributed by atoms with Crippen molar-refractivity contribution in [3.63, 3.8) is 0 Å². The van der Waals surface area contributed by atoms with E-state index in [0.717, 1.165) is 54.2 Å². The first-order chi connectivity index (χ1) is 21.9. The molecule has 252 valence electrons. The van der Waals surface area contributed by atoms with Gasteiger partial charge >= 0.3 is 18.9 Å². The van der Waals surface area contributed by atoms with Gasteiger partial charge in [0.1, 0.15) is 37.2 Å². The van der Waals surface area contributed by atoms with Crippen molar-refractivity contribution in [3.8, 4) is 34.9 Å². The smallest absolute Gasteiger partial charge is 0.870 e. The summed E-state index contributed by atoms with van der Waals surface area (Å²) in [5, 5.41) is 27.3. The van der Waals surface area contributed by atoms with Gasteiger partial charge in [-0.3, -0.25) is 0 Å². The molecule has 0 bridgehead atoms. The minimum Gasteiger partial charge on any atom is -0.870 e. The molecule has 4 aromatic rings. The Morgan fingerprint density at radius 1 is 0.688 bits per heavy atom. The number of rotatable bonds is 14. The van der Waals surface area contributed by atoms with Gasteiger partial charge in [0.05, 0.1) is 6.61 Å². The van der Waals surface area contributed by atoms with E-state index in [-0.39, 0.29) is 30.9 Å². The molecular weight excluding hydrogens is 632 g/mol. The molecule has 2 aromatic heterocycles. The zero-order valence-corrected chi connectivity index (χ0v) is 31.8. The number of hydrogen-bond donors (Lipinski definition) is 1. The summed E-state index contributed by atoms with van der Waals surface area (Å²) in [6.45, 7) is 18.4. The van der Waals surface area contributed by atoms with Gasteiger partial charge in [-0.1, -0.05) is 94.7 Å². The van der Waals surface area contributed by atoms with Crippen molar-refractivity contribution in [1.82, 2.24) is 19.1 Å². The molecule has 0 aliphatic carbocycles. The van der Waals surface area contributed by atoms with Gasteiger partial charge in [-0.2, -0.15) is 10.5 Å². The minimum atomic E-state index is -1.11. The van der Waals surface area contributed by atoms with Crippen LogP contribution < -0.4 is 18.9 Å². The molecule has 2 N–H and O–H groups in total. The van der Waals surface area contributed by atoms with E-state index in [0.29, 0.717) is 30.7 Å². The molecule has 0 spiro atoms. The van der Waals surface area contributed by atoms with Crippen molar-refractivity contribution in [1.29, 1.82) is 10.5 Å². The first kappa shape index (κ1) is 42.7. The summed E-state index contributed by atoms with van der Waals surface area (Å²) in [4.78, 5) is 8.76. The Bertz CT molecular complexity index is 1490. The molecule has 0 atom stereocenters. The van der Waals surface area contributed by atoms with Crippen LogP contribution in [0.25, 0.3) is 22.8 Å². The van der Waals surface area contributed by atoms with E-state index < -0.39 is 16.1 Å². The molecule has 0 fully saturated rings. The molecule has 13 heteroatoms. The van der Waals surface area contributed by atoms with Crippen LogP contribution in [0.2, 0.25) is 51.4 Å². The number of aliphatic hydroxyl groups excluding tert-OH is 1. The predicted octanol–water partition coefficient (Wildman–Crippen LogP) is 4.35. The Balaban J connectivity index is 0.000000461. The maximum atomic E-state index is 9.12. The van der Waals surface area contributed by atoms with Gasteiger partial charge < -0.3 is 29.2 Å². The second kappa shape index (κ2) is 20.3. The summed E-state index contributed by atoms with van der Waals surface area (Å²) >= 11 is 0. The summed E-state index contributed by atoms with van der Waals surface area (Å²) < 4.78 is 15.4. The van der Waals surface area contributed by atoms with Gasteiger partial charge in [0.25, 0.3) is 0 Å². The predicted molar refractivity (Wildman–Crippen MR) is 190 cm³/mol. The number of nitrogens with zero attached hydrogens (tertiary/aromatic N) is 6. The largest absolute Gasteiger partial charge is 1.00 e. The number of aliphatic hydroxyl groups is 1. The summed E-state index contributed by atoms with van der Waals surface area (Å²) in [7, 11) is -2.20. The zero-order chi connectivity index (χ0) is 33.7. The number of ether oxygens (including phenoxy) is 2. The maximum absolute atomic E-state index is 9.12. The van der Waals surface area contributed by atoms with Crippen molar-refractivity contribution in [3.05, 3.63) is 83.4 Å². The number of aromatic nitrogens is 4. The van der Waals surface area contributed by atoms with Crippen LogP contribution in [0.3, 0.4) is 0 Å². The molecule has 0 aliphatic heterocycles. The summed E-state index contributed by atoms with van der Waals surface area (Å²) in [6, 6.07) is 22.2. The van der Waals surface area contributed by atoms with E-state index in [1.165, 1.54) is 5.56 Å². The molecule has 0 saturated carbocycles. The molecule has 0 aliphatic rings. The molecule has 48 heavy (non-hydrogen) atoms. The Morgan fingerprint density at radius 2 is 1.06 bits per heavy atom. The molecule has 2 heterocycles. The van der Waals surface area contributed by atoms with Crippen molar-refractivity contribution in [2.45, 2.75) is 84.8 Å². The van der Waals surface area contributed by atoms with Crippen LogP contribution in [0, 0.1) is 22.7 Å². The quantitative estimate of drug-likeness (QED) is 0.153. The third kappa shape index (κ3) is 14.1. The minimum absolute atomic E-state index is 0. The third-order valence-electron chi connectivity index (χ3n) is 7.25. The first-order valence-corrected chi connectivity index (χ1v) is 23.2. The number of aryl methyl sites for hydroxylation is 1. The molecule has 0 saturated heterocycles. The van der Waals surface area contributed by atoms with Gasteiger partial charge in [0, 0.05) is 52.9 Å². The number of benzene rings is 2. The Morgan fingerprint density at radius 3 is 1.38 bits per heavy atom. The SMILES string of the molecule is CCc1ccc(-c2nc(C#N)cn2COCC[Si](C)(C)C)cc1.C[Si](C)(C)CCOCn1cc(C#N)nc1-c1ccc(CO)cc1.[Li+].[OH-]. The Kier molecular flexibility index (Phi) is 18.1. The second-order valence-electron chi connectivity index (χ2n) is 13.7. The molecule has 0 amide bonds. The molecule has 0 unspecified atom stereocenters. The maximum Gasteiger partial charge on any atom is 1.00 e. The van der Waals surface area contributed by atoms with E-state index >= 15 is 0 Å². The average Bonchev–Trinajstić information content (AvgIpc) is 3.65. The van der Waals surface area contributed by atoms with E-state index in [9.17, 15) is 0 Å². The topological polar surface area (TPSA) is 152 Å². The van der Waals surface area contributed by atoms with Gasteiger partial charge in [-0.05, 0) is 29.6 Å². The fourth-order valence-electron chi connectivity index (χ4n) is 4.33. The van der Waals surface area contributed by atoms with Crippen molar-refractivity contribution in [2.24, 2.45) is 0 Å². The zero-order valence-electron chi connectivity index (χ0n) is 29.8. The third-order valence-corrected chi connectivity index (χ3v) is 10.7. The monoisotopic (exact) mass is 680 g/mol. The molecule has 10 nitrogen and oxygen atoms in total. The van der Waals surface area contributed by atoms with Gasteiger partial charge in [0.2, 0.25) is 0 Å². The number of nitriles is 2.